The number of nitrogens with one attached hydrogen (secondary N) is 1. The molecule has 1 aliphatic rings. The molecule has 0 unspecified atom stereocenters. The van der Waals surface area contributed by atoms with Gasteiger partial charge in [-0.15, -0.1) is 0 Å². The summed E-state index contributed by atoms with van der Waals surface area (Å²) in [4.78, 5) is 32.5. The number of methoxy groups -OCH3 is 1. The number of anilines is 1. The number of hydrogen-bond acceptors (Lipinski definition) is 5. The Hall–Kier alpha value is -3.56. The van der Waals surface area contributed by atoms with E-state index in [9.17, 15) is 22.8 Å². The van der Waals surface area contributed by atoms with Crippen molar-refractivity contribution < 1.29 is 27.5 Å². The van der Waals surface area contributed by atoms with Crippen molar-refractivity contribution in [3.05, 3.63) is 59.8 Å². The summed E-state index contributed by atoms with van der Waals surface area (Å²) in [5, 5.41) is 2.68. The van der Waals surface area contributed by atoms with Gasteiger partial charge in [-0.25, -0.2) is 4.98 Å². The van der Waals surface area contributed by atoms with Crippen LogP contribution in [-0.4, -0.2) is 61.0 Å². The number of rotatable bonds is 6. The first-order valence-corrected chi connectivity index (χ1v) is 10.9. The summed E-state index contributed by atoms with van der Waals surface area (Å²) in [6, 6.07) is 8.82. The van der Waals surface area contributed by atoms with Crippen molar-refractivity contribution in [2.45, 2.75) is 25.6 Å². The number of amides is 2. The van der Waals surface area contributed by atoms with Crippen LogP contribution in [0.25, 0.3) is 6.08 Å². The van der Waals surface area contributed by atoms with E-state index in [2.05, 4.69) is 10.3 Å². The lowest BCUT2D eigenvalue weighted by Crippen LogP contribution is -2.47. The number of aromatic nitrogens is 1. The van der Waals surface area contributed by atoms with Gasteiger partial charge in [-0.3, -0.25) is 9.59 Å². The van der Waals surface area contributed by atoms with Crippen molar-refractivity contribution in [2.24, 2.45) is 0 Å². The Labute approximate surface area is 196 Å². The average Bonchev–Trinajstić information content (AvgIpc) is 3.08. The molecule has 0 saturated carbocycles. The largest absolute Gasteiger partial charge is 0.497 e. The molecule has 0 bridgehead atoms. The van der Waals surface area contributed by atoms with E-state index in [0.717, 1.165) is 17.8 Å². The summed E-state index contributed by atoms with van der Waals surface area (Å²) in [5.74, 6) is 0.550. The molecule has 10 heteroatoms. The molecule has 0 radical (unpaired) electrons. The lowest BCUT2D eigenvalue weighted by atomic mass is 10.2. The summed E-state index contributed by atoms with van der Waals surface area (Å²) < 4.78 is 43.4. The minimum absolute atomic E-state index is 0.214. The SMILES string of the molecule is COc1ccc(/C=C/C(=O)N[C@@H](C)C(=O)N2CCCN(c3ccc(C(F)(F)F)cn3)CC2)cc1. The third-order valence-corrected chi connectivity index (χ3v) is 5.48. The van der Waals surface area contributed by atoms with Gasteiger partial charge in [0.2, 0.25) is 11.8 Å². The molecular weight excluding hydrogens is 449 g/mol. The van der Waals surface area contributed by atoms with Crippen LogP contribution in [-0.2, 0) is 15.8 Å². The normalized spacial score (nSPS) is 15.7. The molecule has 2 heterocycles. The number of hydrogen-bond donors (Lipinski definition) is 1. The lowest BCUT2D eigenvalue weighted by molar-refractivity contribution is -0.137. The highest BCUT2D eigenvalue weighted by Gasteiger charge is 2.31. The number of halogens is 3. The fourth-order valence-electron chi connectivity index (χ4n) is 3.59. The van der Waals surface area contributed by atoms with E-state index in [1.807, 2.05) is 17.0 Å². The zero-order chi connectivity index (χ0) is 24.7. The van der Waals surface area contributed by atoms with E-state index in [1.54, 1.807) is 37.1 Å². The number of carbonyl (C=O) groups excluding carboxylic acids is 2. The Morgan fingerprint density at radius 2 is 1.82 bits per heavy atom. The monoisotopic (exact) mass is 476 g/mol. The molecule has 2 amide bonds. The van der Waals surface area contributed by atoms with E-state index >= 15 is 0 Å². The molecule has 1 saturated heterocycles. The average molecular weight is 476 g/mol. The molecule has 1 fully saturated rings. The topological polar surface area (TPSA) is 74.8 Å². The Bertz CT molecular complexity index is 1010. The second-order valence-corrected chi connectivity index (χ2v) is 7.91. The van der Waals surface area contributed by atoms with Gasteiger partial charge in [-0.2, -0.15) is 13.2 Å². The Morgan fingerprint density at radius 3 is 2.44 bits per heavy atom. The van der Waals surface area contributed by atoms with Gasteiger partial charge in [-0.05, 0) is 49.2 Å². The maximum Gasteiger partial charge on any atom is 0.417 e. The van der Waals surface area contributed by atoms with Crippen LogP contribution in [0.3, 0.4) is 0 Å². The van der Waals surface area contributed by atoms with E-state index in [-0.39, 0.29) is 11.8 Å². The predicted molar refractivity (Wildman–Crippen MR) is 122 cm³/mol. The van der Waals surface area contributed by atoms with Gasteiger partial charge in [-0.1, -0.05) is 12.1 Å². The highest BCUT2D eigenvalue weighted by Crippen LogP contribution is 2.29. The van der Waals surface area contributed by atoms with E-state index in [1.165, 1.54) is 12.1 Å². The molecule has 1 aromatic heterocycles. The number of carbonyl (C=O) groups is 2. The van der Waals surface area contributed by atoms with Gasteiger partial charge >= 0.3 is 6.18 Å². The lowest BCUT2D eigenvalue weighted by Gasteiger charge is -2.25. The van der Waals surface area contributed by atoms with E-state index < -0.39 is 17.8 Å². The van der Waals surface area contributed by atoms with Crippen LogP contribution in [0.4, 0.5) is 19.0 Å². The molecule has 0 spiro atoms. The van der Waals surface area contributed by atoms with Crippen LogP contribution < -0.4 is 15.0 Å². The number of nitrogens with zero attached hydrogens (tertiary/aromatic N) is 3. The smallest absolute Gasteiger partial charge is 0.417 e. The predicted octanol–water partition coefficient (Wildman–Crippen LogP) is 3.37. The quantitative estimate of drug-likeness (QED) is 0.648. The van der Waals surface area contributed by atoms with Crippen LogP contribution in [0.2, 0.25) is 0 Å². The van der Waals surface area contributed by atoms with Crippen molar-refractivity contribution in [2.75, 3.05) is 38.2 Å². The number of pyridine rings is 1. The molecule has 0 aliphatic carbocycles. The molecule has 2 aromatic rings. The van der Waals surface area contributed by atoms with Crippen LogP contribution >= 0.6 is 0 Å². The van der Waals surface area contributed by atoms with Gasteiger partial charge in [0.15, 0.2) is 0 Å². The van der Waals surface area contributed by atoms with E-state index in [0.29, 0.717) is 44.2 Å². The fraction of sp³-hybridized carbons (Fsp3) is 0.375. The van der Waals surface area contributed by atoms with Gasteiger partial charge in [0.1, 0.15) is 17.6 Å². The molecule has 182 valence electrons. The number of ether oxygens (including phenoxy) is 1. The summed E-state index contributed by atoms with van der Waals surface area (Å²) in [6.45, 7) is 3.48. The first kappa shape index (κ1) is 25.1. The maximum atomic E-state index is 12.8. The highest BCUT2D eigenvalue weighted by atomic mass is 19.4. The molecule has 34 heavy (non-hydrogen) atoms. The molecule has 1 aliphatic heterocycles. The minimum atomic E-state index is -4.43. The zero-order valence-electron chi connectivity index (χ0n) is 19.0. The van der Waals surface area contributed by atoms with Gasteiger partial charge < -0.3 is 19.9 Å². The van der Waals surface area contributed by atoms with Gasteiger partial charge in [0.05, 0.1) is 12.7 Å². The number of benzene rings is 1. The molecular formula is C24H27F3N4O3. The zero-order valence-corrected chi connectivity index (χ0v) is 19.0. The molecule has 7 nitrogen and oxygen atoms in total. The Kier molecular flexibility index (Phi) is 8.14. The first-order valence-electron chi connectivity index (χ1n) is 10.9. The number of alkyl halides is 3. The summed E-state index contributed by atoms with van der Waals surface area (Å²) in [7, 11) is 1.57. The standard InChI is InChI=1S/C24H27F3N4O3/c1-17(29-22(32)11-6-18-4-8-20(34-2)9-5-18)23(33)31-13-3-12-30(14-15-31)21-10-7-19(16-28-21)24(25,26)27/h4-11,16-17H,3,12-15H2,1-2H3,(H,29,32)/b11-6+/t17-/m0/s1. The fourth-order valence-corrected chi connectivity index (χ4v) is 3.59. The van der Waals surface area contributed by atoms with Crippen molar-refractivity contribution >= 4 is 23.7 Å². The molecule has 1 atom stereocenters. The maximum absolute atomic E-state index is 12.8. The highest BCUT2D eigenvalue weighted by molar-refractivity contribution is 5.95. The summed E-state index contributed by atoms with van der Waals surface area (Å²) in [6.07, 6.45) is 0.0312. The van der Waals surface area contributed by atoms with Crippen LogP contribution in [0.15, 0.2) is 48.7 Å². The van der Waals surface area contributed by atoms with Crippen molar-refractivity contribution in [1.29, 1.82) is 0 Å². The summed E-state index contributed by atoms with van der Waals surface area (Å²) >= 11 is 0. The van der Waals surface area contributed by atoms with Gasteiger partial charge in [0.25, 0.3) is 0 Å². The Morgan fingerprint density at radius 1 is 1.09 bits per heavy atom. The van der Waals surface area contributed by atoms with Crippen molar-refractivity contribution in [1.82, 2.24) is 15.2 Å². The molecule has 1 N–H and O–H groups in total. The third kappa shape index (κ3) is 6.72. The molecule has 3 rings (SSSR count). The second-order valence-electron chi connectivity index (χ2n) is 7.91. The van der Waals surface area contributed by atoms with Crippen LogP contribution in [0.1, 0.15) is 24.5 Å². The third-order valence-electron chi connectivity index (χ3n) is 5.48. The Balaban J connectivity index is 1.52. The molecule has 1 aromatic carbocycles. The summed E-state index contributed by atoms with van der Waals surface area (Å²) in [5.41, 5.74) is 0.0212. The van der Waals surface area contributed by atoms with Crippen molar-refractivity contribution in [3.8, 4) is 5.75 Å². The minimum Gasteiger partial charge on any atom is -0.497 e. The van der Waals surface area contributed by atoms with Crippen LogP contribution in [0, 0.1) is 0 Å². The first-order chi connectivity index (χ1) is 16.2. The van der Waals surface area contributed by atoms with Crippen molar-refractivity contribution in [3.63, 3.8) is 0 Å². The van der Waals surface area contributed by atoms with Crippen LogP contribution in [0.5, 0.6) is 5.75 Å². The van der Waals surface area contributed by atoms with E-state index in [4.69, 9.17) is 4.74 Å². The second kappa shape index (κ2) is 11.0. The van der Waals surface area contributed by atoms with Gasteiger partial charge in [0, 0.05) is 38.5 Å².